The molecule has 1 fully saturated rings. The first-order valence-corrected chi connectivity index (χ1v) is 8.44. The Kier molecular flexibility index (Phi) is 10.3. The van der Waals surface area contributed by atoms with Crippen molar-refractivity contribution in [2.45, 2.75) is 70.8 Å². The molecular weight excluding hydrogens is 299 g/mol. The third kappa shape index (κ3) is 7.56. The summed E-state index contributed by atoms with van der Waals surface area (Å²) in [6.07, 6.45) is 10.5. The Balaban J connectivity index is 0.000000921. The van der Waals surface area contributed by atoms with Crippen LogP contribution < -0.4 is 0 Å². The van der Waals surface area contributed by atoms with E-state index in [9.17, 15) is 0 Å². The lowest BCUT2D eigenvalue weighted by Gasteiger charge is -2.33. The van der Waals surface area contributed by atoms with E-state index in [1.807, 2.05) is 4.93 Å². The summed E-state index contributed by atoms with van der Waals surface area (Å²) in [6, 6.07) is 0. The van der Waals surface area contributed by atoms with Gasteiger partial charge in [-0.25, -0.2) is 0 Å². The molecule has 0 amide bonds. The van der Waals surface area contributed by atoms with E-state index in [0.29, 0.717) is 0 Å². The topological polar surface area (TPSA) is 9.23 Å². The van der Waals surface area contributed by atoms with E-state index in [4.69, 9.17) is 4.74 Å². The molecule has 0 saturated heterocycles. The molecule has 0 unspecified atom stereocenters. The number of rotatable bonds is 5. The molecule has 1 aliphatic rings. The molecule has 15 heavy (non-hydrogen) atoms. The fourth-order valence-corrected chi connectivity index (χ4v) is 2.11. The molecule has 0 aromatic rings. The lowest BCUT2D eigenvalue weighted by molar-refractivity contribution is -0.0573. The lowest BCUT2D eigenvalue weighted by atomic mass is 9.86. The van der Waals surface area contributed by atoms with Crippen LogP contribution in [0.3, 0.4) is 0 Å². The van der Waals surface area contributed by atoms with Gasteiger partial charge >= 0.3 is 0 Å². The van der Waals surface area contributed by atoms with Crippen LogP contribution in [0.1, 0.15) is 65.2 Å². The van der Waals surface area contributed by atoms with E-state index in [2.05, 4.69) is 36.4 Å². The van der Waals surface area contributed by atoms with Crippen molar-refractivity contribution in [3.63, 3.8) is 0 Å². The van der Waals surface area contributed by atoms with Crippen molar-refractivity contribution >= 4 is 22.6 Å². The largest absolute Gasteiger partial charge is 0.375 e. The standard InChI is InChI=1S/C12H24O.CH3I/c1-3-4-8-11-13-12(2)9-6-5-7-10-12;1-2/h3-11H2,1-2H3;1H3. The average Bonchev–Trinajstić information content (AvgIpc) is 2.28. The predicted molar refractivity (Wildman–Crippen MR) is 76.9 cm³/mol. The van der Waals surface area contributed by atoms with Crippen LogP contribution in [0.2, 0.25) is 0 Å². The van der Waals surface area contributed by atoms with Gasteiger partial charge in [0.15, 0.2) is 0 Å². The maximum atomic E-state index is 5.97. The van der Waals surface area contributed by atoms with E-state index >= 15 is 0 Å². The SMILES string of the molecule is CCCCCOC1(C)CCCCC1.CI. The minimum absolute atomic E-state index is 0.228. The summed E-state index contributed by atoms with van der Waals surface area (Å²) in [4.78, 5) is 1.97. The highest BCUT2D eigenvalue weighted by molar-refractivity contribution is 14.1. The molecule has 92 valence electrons. The van der Waals surface area contributed by atoms with Crippen molar-refractivity contribution in [2.24, 2.45) is 0 Å². The van der Waals surface area contributed by atoms with E-state index in [-0.39, 0.29) is 5.60 Å². The Hall–Kier alpha value is 0.690. The molecule has 0 aromatic carbocycles. The van der Waals surface area contributed by atoms with Gasteiger partial charge in [-0.1, -0.05) is 61.6 Å². The zero-order valence-corrected chi connectivity index (χ0v) is 12.8. The Labute approximate surface area is 109 Å². The smallest absolute Gasteiger partial charge is 0.0654 e. The Morgan fingerprint density at radius 1 is 1.07 bits per heavy atom. The molecule has 0 radical (unpaired) electrons. The molecule has 0 aromatic heterocycles. The van der Waals surface area contributed by atoms with Crippen molar-refractivity contribution in [2.75, 3.05) is 11.5 Å². The minimum atomic E-state index is 0.228. The van der Waals surface area contributed by atoms with Crippen molar-refractivity contribution in [3.05, 3.63) is 0 Å². The van der Waals surface area contributed by atoms with Crippen LogP contribution in [-0.2, 0) is 4.74 Å². The van der Waals surface area contributed by atoms with Gasteiger partial charge in [-0.05, 0) is 31.1 Å². The average molecular weight is 326 g/mol. The maximum absolute atomic E-state index is 5.97. The van der Waals surface area contributed by atoms with Gasteiger partial charge in [0.1, 0.15) is 0 Å². The Morgan fingerprint density at radius 3 is 2.20 bits per heavy atom. The van der Waals surface area contributed by atoms with Crippen LogP contribution in [0, 0.1) is 0 Å². The predicted octanol–water partition coefficient (Wildman–Crippen LogP) is 4.97. The third-order valence-corrected chi connectivity index (χ3v) is 3.11. The molecule has 0 atom stereocenters. The van der Waals surface area contributed by atoms with E-state index in [1.165, 1.54) is 51.4 Å². The highest BCUT2D eigenvalue weighted by atomic mass is 127. The second-order valence-electron chi connectivity index (χ2n) is 4.57. The minimum Gasteiger partial charge on any atom is -0.375 e. The molecule has 1 nitrogen and oxygen atoms in total. The van der Waals surface area contributed by atoms with Crippen molar-refractivity contribution in [1.29, 1.82) is 0 Å². The summed E-state index contributed by atoms with van der Waals surface area (Å²) in [5, 5.41) is 0. The second-order valence-corrected chi connectivity index (χ2v) is 4.57. The van der Waals surface area contributed by atoms with Crippen molar-refractivity contribution < 1.29 is 4.74 Å². The van der Waals surface area contributed by atoms with Gasteiger partial charge in [0, 0.05) is 6.61 Å². The van der Waals surface area contributed by atoms with Crippen LogP contribution in [0.5, 0.6) is 0 Å². The van der Waals surface area contributed by atoms with Crippen LogP contribution in [0.25, 0.3) is 0 Å². The van der Waals surface area contributed by atoms with Crippen LogP contribution >= 0.6 is 22.6 Å². The normalized spacial score (nSPS) is 19.2. The number of hydrogen-bond acceptors (Lipinski definition) is 1. The lowest BCUT2D eigenvalue weighted by Crippen LogP contribution is -2.31. The molecule has 1 rings (SSSR count). The Bertz CT molecular complexity index is 130. The quantitative estimate of drug-likeness (QED) is 0.394. The molecule has 0 bridgehead atoms. The monoisotopic (exact) mass is 326 g/mol. The number of unbranched alkanes of at least 4 members (excludes halogenated alkanes) is 2. The van der Waals surface area contributed by atoms with Crippen LogP contribution in [0.15, 0.2) is 0 Å². The molecule has 2 heteroatoms. The zero-order chi connectivity index (χ0) is 11.6. The summed E-state index contributed by atoms with van der Waals surface area (Å²) in [5.74, 6) is 0. The molecule has 0 N–H and O–H groups in total. The van der Waals surface area contributed by atoms with E-state index < -0.39 is 0 Å². The summed E-state index contributed by atoms with van der Waals surface area (Å²) in [5.41, 5.74) is 0.228. The van der Waals surface area contributed by atoms with Crippen LogP contribution in [0.4, 0.5) is 0 Å². The second kappa shape index (κ2) is 9.88. The number of halogens is 1. The van der Waals surface area contributed by atoms with E-state index in [0.717, 1.165) is 6.61 Å². The molecule has 1 saturated carbocycles. The molecular formula is C13H27IO. The summed E-state index contributed by atoms with van der Waals surface area (Å²) in [6.45, 7) is 5.50. The van der Waals surface area contributed by atoms with E-state index in [1.54, 1.807) is 0 Å². The number of hydrogen-bond donors (Lipinski definition) is 0. The first kappa shape index (κ1) is 15.7. The summed E-state index contributed by atoms with van der Waals surface area (Å²) in [7, 11) is 0. The van der Waals surface area contributed by atoms with Gasteiger partial charge in [0.2, 0.25) is 0 Å². The summed E-state index contributed by atoms with van der Waals surface area (Å²) < 4.78 is 5.97. The number of alkyl halides is 1. The van der Waals surface area contributed by atoms with Crippen LogP contribution in [-0.4, -0.2) is 17.1 Å². The van der Waals surface area contributed by atoms with Crippen molar-refractivity contribution in [1.82, 2.24) is 0 Å². The fourth-order valence-electron chi connectivity index (χ4n) is 2.11. The van der Waals surface area contributed by atoms with Gasteiger partial charge < -0.3 is 4.74 Å². The highest BCUT2D eigenvalue weighted by Gasteiger charge is 2.26. The zero-order valence-electron chi connectivity index (χ0n) is 10.7. The molecule has 0 spiro atoms. The maximum Gasteiger partial charge on any atom is 0.0654 e. The van der Waals surface area contributed by atoms with Gasteiger partial charge in [0.25, 0.3) is 0 Å². The fraction of sp³-hybridized carbons (Fsp3) is 1.00. The first-order valence-electron chi connectivity index (χ1n) is 6.28. The van der Waals surface area contributed by atoms with Gasteiger partial charge in [-0.15, -0.1) is 0 Å². The molecule has 0 heterocycles. The Morgan fingerprint density at radius 2 is 1.67 bits per heavy atom. The number of ether oxygens (including phenoxy) is 1. The molecule has 1 aliphatic carbocycles. The van der Waals surface area contributed by atoms with Gasteiger partial charge in [0.05, 0.1) is 5.60 Å². The highest BCUT2D eigenvalue weighted by Crippen LogP contribution is 2.31. The molecule has 0 aliphatic heterocycles. The van der Waals surface area contributed by atoms with Gasteiger partial charge in [-0.2, -0.15) is 0 Å². The summed E-state index contributed by atoms with van der Waals surface area (Å²) >= 11 is 2.15. The first-order chi connectivity index (χ1) is 7.27. The van der Waals surface area contributed by atoms with Gasteiger partial charge in [-0.3, -0.25) is 0 Å². The third-order valence-electron chi connectivity index (χ3n) is 3.11. The van der Waals surface area contributed by atoms with Crippen molar-refractivity contribution in [3.8, 4) is 0 Å².